The monoisotopic (exact) mass is 331 g/mol. The average molecular weight is 331 g/mol. The van der Waals surface area contributed by atoms with Gasteiger partial charge in [-0.05, 0) is 18.1 Å². The molecule has 126 valence electrons. The Morgan fingerprint density at radius 1 is 1.54 bits per heavy atom. The van der Waals surface area contributed by atoms with Crippen molar-refractivity contribution in [2.75, 3.05) is 19.0 Å². The minimum absolute atomic E-state index is 0.115. The van der Waals surface area contributed by atoms with Gasteiger partial charge in [-0.2, -0.15) is 0 Å². The van der Waals surface area contributed by atoms with Gasteiger partial charge in [0.2, 0.25) is 0 Å². The molecule has 8 nitrogen and oxygen atoms in total. The van der Waals surface area contributed by atoms with Gasteiger partial charge in [0, 0.05) is 18.5 Å². The molecule has 1 aliphatic rings. The van der Waals surface area contributed by atoms with Crippen LogP contribution < -0.4 is 20.3 Å². The zero-order valence-corrected chi connectivity index (χ0v) is 13.1. The van der Waals surface area contributed by atoms with Gasteiger partial charge in [0.15, 0.2) is 5.82 Å². The first-order chi connectivity index (χ1) is 11.6. The van der Waals surface area contributed by atoms with Crippen LogP contribution in [0, 0.1) is 0 Å². The number of benzene rings is 1. The molecule has 0 fully saturated rings. The van der Waals surface area contributed by atoms with Crippen LogP contribution in [0.1, 0.15) is 5.56 Å². The molecule has 2 aromatic rings. The Morgan fingerprint density at radius 3 is 3.12 bits per heavy atom. The molecular formula is C16H17N3O5. The van der Waals surface area contributed by atoms with E-state index in [1.54, 1.807) is 7.11 Å². The molecule has 8 heteroatoms. The molecule has 3 rings (SSSR count). The van der Waals surface area contributed by atoms with Crippen LogP contribution in [0.3, 0.4) is 0 Å². The van der Waals surface area contributed by atoms with Crippen molar-refractivity contribution in [2.24, 2.45) is 0 Å². The van der Waals surface area contributed by atoms with Gasteiger partial charge in [0.25, 0.3) is 5.56 Å². The number of carbonyl (C=O) groups is 1. The van der Waals surface area contributed by atoms with Gasteiger partial charge >= 0.3 is 5.97 Å². The molecule has 1 aromatic heterocycles. The van der Waals surface area contributed by atoms with E-state index in [9.17, 15) is 9.59 Å². The molecular weight excluding hydrogens is 314 g/mol. The summed E-state index contributed by atoms with van der Waals surface area (Å²) in [7, 11) is 1.60. The number of carboxylic acid groups (broad SMARTS) is 1. The number of hydrogen-bond acceptors (Lipinski definition) is 6. The number of ether oxygens (including phenoxy) is 2. The maximum atomic E-state index is 12.2. The fourth-order valence-corrected chi connectivity index (χ4v) is 2.58. The fourth-order valence-electron chi connectivity index (χ4n) is 2.58. The number of carboxylic acids is 1. The summed E-state index contributed by atoms with van der Waals surface area (Å²) in [5.74, 6) is 0.514. The number of hydrogen-bond donors (Lipinski definition) is 2. The Labute approximate surface area is 137 Å². The highest BCUT2D eigenvalue weighted by atomic mass is 16.5. The quantitative estimate of drug-likeness (QED) is 0.833. The van der Waals surface area contributed by atoms with E-state index in [1.807, 2.05) is 18.2 Å². The zero-order valence-electron chi connectivity index (χ0n) is 13.1. The molecule has 1 unspecified atom stereocenters. The summed E-state index contributed by atoms with van der Waals surface area (Å²) < 4.78 is 12.0. The maximum absolute atomic E-state index is 12.2. The van der Waals surface area contributed by atoms with Crippen LogP contribution in [0.2, 0.25) is 0 Å². The summed E-state index contributed by atoms with van der Waals surface area (Å²) in [6.07, 6.45) is 3.41. The Bertz CT molecular complexity index is 818. The molecule has 0 spiro atoms. The topological polar surface area (TPSA) is 103 Å². The van der Waals surface area contributed by atoms with E-state index < -0.39 is 18.1 Å². The van der Waals surface area contributed by atoms with E-state index in [1.165, 1.54) is 12.4 Å². The number of aliphatic carboxylic acids is 1. The van der Waals surface area contributed by atoms with Crippen molar-refractivity contribution in [1.29, 1.82) is 0 Å². The van der Waals surface area contributed by atoms with Gasteiger partial charge in [0.1, 0.15) is 24.7 Å². The lowest BCUT2D eigenvalue weighted by Crippen LogP contribution is -2.37. The van der Waals surface area contributed by atoms with Crippen LogP contribution in [-0.2, 0) is 17.8 Å². The number of rotatable bonds is 5. The van der Waals surface area contributed by atoms with Crippen molar-refractivity contribution in [3.8, 4) is 11.5 Å². The molecule has 24 heavy (non-hydrogen) atoms. The zero-order chi connectivity index (χ0) is 17.1. The molecule has 0 amide bonds. The number of nitrogens with one attached hydrogen (secondary N) is 1. The van der Waals surface area contributed by atoms with Crippen molar-refractivity contribution >= 4 is 11.8 Å². The van der Waals surface area contributed by atoms with E-state index in [4.69, 9.17) is 14.6 Å². The summed E-state index contributed by atoms with van der Waals surface area (Å²) in [6, 6.07) is 5.47. The highest BCUT2D eigenvalue weighted by Crippen LogP contribution is 2.29. The summed E-state index contributed by atoms with van der Waals surface area (Å²) in [6.45, 7) is -0.0328. The SMILES string of the molecule is COc1ccc2c(c1)OCC(Nc1nccn(CC(=O)O)c1=O)C2. The molecule has 0 aliphatic carbocycles. The highest BCUT2D eigenvalue weighted by Gasteiger charge is 2.22. The molecule has 1 aromatic carbocycles. The maximum Gasteiger partial charge on any atom is 0.323 e. The minimum Gasteiger partial charge on any atom is -0.497 e. The number of aromatic nitrogens is 2. The average Bonchev–Trinajstić information content (AvgIpc) is 2.57. The second kappa shape index (κ2) is 6.61. The number of nitrogens with zero attached hydrogens (tertiary/aromatic N) is 2. The second-order valence-corrected chi connectivity index (χ2v) is 5.43. The summed E-state index contributed by atoms with van der Waals surface area (Å²) in [5, 5.41) is 11.9. The molecule has 0 saturated carbocycles. The van der Waals surface area contributed by atoms with Crippen LogP contribution in [-0.4, -0.2) is 40.4 Å². The van der Waals surface area contributed by atoms with Gasteiger partial charge in [0.05, 0.1) is 13.2 Å². The first-order valence-corrected chi connectivity index (χ1v) is 7.40. The van der Waals surface area contributed by atoms with Crippen LogP contribution in [0.25, 0.3) is 0 Å². The van der Waals surface area contributed by atoms with Crippen LogP contribution in [0.4, 0.5) is 5.82 Å². The molecule has 1 aliphatic heterocycles. The lowest BCUT2D eigenvalue weighted by atomic mass is 10.0. The number of fused-ring (bicyclic) bond motifs is 1. The van der Waals surface area contributed by atoms with E-state index in [-0.39, 0.29) is 11.9 Å². The third kappa shape index (κ3) is 3.32. The molecule has 2 heterocycles. The van der Waals surface area contributed by atoms with Crippen molar-refractivity contribution < 1.29 is 19.4 Å². The van der Waals surface area contributed by atoms with E-state index in [0.29, 0.717) is 13.0 Å². The molecule has 0 saturated heterocycles. The lowest BCUT2D eigenvalue weighted by Gasteiger charge is -2.26. The van der Waals surface area contributed by atoms with Crippen molar-refractivity contribution in [3.63, 3.8) is 0 Å². The largest absolute Gasteiger partial charge is 0.497 e. The third-order valence-corrected chi connectivity index (χ3v) is 3.74. The summed E-state index contributed by atoms with van der Waals surface area (Å²) in [5.41, 5.74) is 0.529. The van der Waals surface area contributed by atoms with E-state index in [2.05, 4.69) is 10.3 Å². The Hall–Kier alpha value is -3.03. The first-order valence-electron chi connectivity index (χ1n) is 7.40. The summed E-state index contributed by atoms with van der Waals surface area (Å²) >= 11 is 0. The Balaban J connectivity index is 1.76. The Morgan fingerprint density at radius 2 is 2.38 bits per heavy atom. The summed E-state index contributed by atoms with van der Waals surface area (Å²) in [4.78, 5) is 27.0. The van der Waals surface area contributed by atoms with Gasteiger partial charge in [-0.15, -0.1) is 0 Å². The smallest absolute Gasteiger partial charge is 0.323 e. The predicted octanol–water partition coefficient (Wildman–Crippen LogP) is 0.752. The number of methoxy groups -OCH3 is 1. The van der Waals surface area contributed by atoms with Gasteiger partial charge in [-0.25, -0.2) is 4.98 Å². The standard InChI is InChI=1S/C16H17N3O5/c1-23-12-3-2-10-6-11(9-24-13(10)7-12)18-15-16(22)19(5-4-17-15)8-14(20)21/h2-5,7,11H,6,8-9H2,1H3,(H,17,18)(H,20,21). The van der Waals surface area contributed by atoms with Crippen molar-refractivity contribution in [1.82, 2.24) is 9.55 Å². The number of anilines is 1. The van der Waals surface area contributed by atoms with Gasteiger partial charge < -0.3 is 19.9 Å². The molecule has 1 atom stereocenters. The van der Waals surface area contributed by atoms with Gasteiger partial charge in [-0.3, -0.25) is 14.2 Å². The highest BCUT2D eigenvalue weighted by molar-refractivity contribution is 5.66. The second-order valence-electron chi connectivity index (χ2n) is 5.43. The fraction of sp³-hybridized carbons (Fsp3) is 0.312. The van der Waals surface area contributed by atoms with Crippen molar-refractivity contribution in [2.45, 2.75) is 19.0 Å². The van der Waals surface area contributed by atoms with Crippen LogP contribution in [0.5, 0.6) is 11.5 Å². The predicted molar refractivity (Wildman–Crippen MR) is 85.7 cm³/mol. The van der Waals surface area contributed by atoms with Crippen LogP contribution >= 0.6 is 0 Å². The third-order valence-electron chi connectivity index (χ3n) is 3.74. The Kier molecular flexibility index (Phi) is 4.37. The minimum atomic E-state index is -1.09. The first kappa shape index (κ1) is 15.9. The van der Waals surface area contributed by atoms with E-state index in [0.717, 1.165) is 21.6 Å². The normalized spacial score (nSPS) is 16.0. The van der Waals surface area contributed by atoms with E-state index >= 15 is 0 Å². The molecule has 0 bridgehead atoms. The molecule has 0 radical (unpaired) electrons. The van der Waals surface area contributed by atoms with Crippen molar-refractivity contribution in [3.05, 3.63) is 46.5 Å². The van der Waals surface area contributed by atoms with Crippen LogP contribution in [0.15, 0.2) is 35.4 Å². The van der Waals surface area contributed by atoms with Gasteiger partial charge in [-0.1, -0.05) is 6.07 Å². The molecule has 2 N–H and O–H groups in total. The lowest BCUT2D eigenvalue weighted by molar-refractivity contribution is -0.137.